The van der Waals surface area contributed by atoms with Crippen LogP contribution in [0.25, 0.3) is 67.1 Å². The van der Waals surface area contributed by atoms with E-state index >= 15 is 0 Å². The second kappa shape index (κ2) is 14.7. The molecule has 0 unspecified atom stereocenters. The summed E-state index contributed by atoms with van der Waals surface area (Å²) in [7, 11) is 0. The van der Waals surface area contributed by atoms with Crippen LogP contribution in [-0.2, 0) is 5.41 Å². The number of hydrogen-bond donors (Lipinski definition) is 0. The molecular formula is C58H40N4O. The first kappa shape index (κ1) is 36.6. The lowest BCUT2D eigenvalue weighted by molar-refractivity contribution is 0.584. The standard InChI is InChI=1S/C58H40N4O/c1-39-17-5-4-16-36-58(51-25-13-10-22-47(51)48-23-11-14-26-52(48)58)53-38-45(32-34-46(39)53)61(43-30-28-41(29-31-43)57-60-59-56(63-57)40-18-6-2-7-19-40)44-33-35-55-50(37-44)49-24-12-15-27-54(49)62(55)42-20-8-3-9-21-42/h2-35,37-38H,1,36H2/b16-4-,17-5-. The molecule has 0 N–H and O–H groups in total. The van der Waals surface area contributed by atoms with Crippen molar-refractivity contribution in [3.8, 4) is 39.7 Å². The Morgan fingerprint density at radius 2 is 1.08 bits per heavy atom. The highest BCUT2D eigenvalue weighted by Gasteiger charge is 2.45. The second-order valence-electron chi connectivity index (χ2n) is 16.3. The SMILES string of the molecule is C=C1/C=C\C=C/CC2(c3cc(N(c4ccc(-c5nnc(-c6ccccc6)o5)cc4)c4ccc5c(c4)c4ccccc4n5-c4ccccc4)ccc31)c1ccccc1-c1ccccc12. The first-order valence-corrected chi connectivity index (χ1v) is 21.4. The summed E-state index contributed by atoms with van der Waals surface area (Å²) < 4.78 is 8.57. The summed E-state index contributed by atoms with van der Waals surface area (Å²) in [5.74, 6) is 0.963. The van der Waals surface area contributed by atoms with Crippen LogP contribution in [0.1, 0.15) is 28.7 Å². The third kappa shape index (κ3) is 5.85. The minimum Gasteiger partial charge on any atom is -0.416 e. The Balaban J connectivity index is 1.08. The molecule has 0 radical (unpaired) electrons. The quantitative estimate of drug-likeness (QED) is 0.168. The van der Waals surface area contributed by atoms with Gasteiger partial charge in [-0.25, -0.2) is 0 Å². The monoisotopic (exact) mass is 808 g/mol. The van der Waals surface area contributed by atoms with Gasteiger partial charge in [0, 0.05) is 44.6 Å². The number of aromatic nitrogens is 3. The highest BCUT2D eigenvalue weighted by atomic mass is 16.4. The lowest BCUT2D eigenvalue weighted by atomic mass is 9.68. The molecule has 0 aliphatic heterocycles. The summed E-state index contributed by atoms with van der Waals surface area (Å²) in [5.41, 5.74) is 16.3. The van der Waals surface area contributed by atoms with E-state index in [1.807, 2.05) is 30.3 Å². The number of nitrogens with zero attached hydrogens (tertiary/aromatic N) is 4. The number of anilines is 3. The molecule has 0 fully saturated rings. The average molecular weight is 809 g/mol. The topological polar surface area (TPSA) is 47.1 Å². The number of fused-ring (bicyclic) bond motifs is 10. The normalized spacial score (nSPS) is 14.7. The molecule has 298 valence electrons. The van der Waals surface area contributed by atoms with Gasteiger partial charge in [-0.1, -0.05) is 140 Å². The fraction of sp³-hybridized carbons (Fsp3) is 0.0345. The molecule has 2 aliphatic rings. The molecule has 12 rings (SSSR count). The Labute approximate surface area is 365 Å². The Kier molecular flexibility index (Phi) is 8.54. The van der Waals surface area contributed by atoms with E-state index in [0.29, 0.717) is 11.8 Å². The van der Waals surface area contributed by atoms with Gasteiger partial charge < -0.3 is 13.9 Å². The maximum Gasteiger partial charge on any atom is 0.248 e. The van der Waals surface area contributed by atoms with Crippen LogP contribution in [0.3, 0.4) is 0 Å². The molecule has 0 bridgehead atoms. The molecule has 0 amide bonds. The van der Waals surface area contributed by atoms with Crippen LogP contribution in [0.15, 0.2) is 229 Å². The third-order valence-corrected chi connectivity index (χ3v) is 12.8. The molecule has 5 heteroatoms. The summed E-state index contributed by atoms with van der Waals surface area (Å²) in [5, 5.41) is 11.2. The van der Waals surface area contributed by atoms with Gasteiger partial charge in [-0.05, 0) is 130 Å². The fourth-order valence-electron chi connectivity index (χ4n) is 10.0. The smallest absolute Gasteiger partial charge is 0.248 e. The van der Waals surface area contributed by atoms with Crippen molar-refractivity contribution >= 4 is 44.4 Å². The van der Waals surface area contributed by atoms with Crippen LogP contribution in [-0.4, -0.2) is 14.8 Å². The van der Waals surface area contributed by atoms with Crippen LogP contribution >= 0.6 is 0 Å². The van der Waals surface area contributed by atoms with Gasteiger partial charge in [-0.3, -0.25) is 0 Å². The van der Waals surface area contributed by atoms with Crippen molar-refractivity contribution < 1.29 is 4.42 Å². The van der Waals surface area contributed by atoms with Gasteiger partial charge in [0.15, 0.2) is 0 Å². The van der Waals surface area contributed by atoms with E-state index in [0.717, 1.165) is 57.0 Å². The number of rotatable bonds is 6. The highest BCUT2D eigenvalue weighted by molar-refractivity contribution is 6.10. The molecule has 2 heterocycles. The fourth-order valence-corrected chi connectivity index (χ4v) is 10.0. The Morgan fingerprint density at radius 1 is 0.492 bits per heavy atom. The van der Waals surface area contributed by atoms with Crippen LogP contribution in [0.2, 0.25) is 0 Å². The predicted molar refractivity (Wildman–Crippen MR) is 258 cm³/mol. The molecular weight excluding hydrogens is 769 g/mol. The molecule has 2 aliphatic carbocycles. The van der Waals surface area contributed by atoms with Crippen molar-refractivity contribution in [2.75, 3.05) is 4.90 Å². The molecule has 10 aromatic rings. The Hall–Kier alpha value is -8.28. The summed E-state index contributed by atoms with van der Waals surface area (Å²) in [4.78, 5) is 2.38. The zero-order chi connectivity index (χ0) is 41.9. The van der Waals surface area contributed by atoms with Gasteiger partial charge in [0.1, 0.15) is 0 Å². The van der Waals surface area contributed by atoms with E-state index in [-0.39, 0.29) is 0 Å². The molecule has 0 saturated carbocycles. The Bertz CT molecular complexity index is 3400. The van der Waals surface area contributed by atoms with Gasteiger partial charge in [-0.15, -0.1) is 10.2 Å². The summed E-state index contributed by atoms with van der Waals surface area (Å²) in [6.45, 7) is 4.65. The van der Waals surface area contributed by atoms with Crippen molar-refractivity contribution in [2.24, 2.45) is 0 Å². The number of benzene rings is 8. The zero-order valence-electron chi connectivity index (χ0n) is 34.4. The van der Waals surface area contributed by atoms with Crippen molar-refractivity contribution in [1.82, 2.24) is 14.8 Å². The third-order valence-electron chi connectivity index (χ3n) is 12.8. The van der Waals surface area contributed by atoms with E-state index < -0.39 is 5.41 Å². The van der Waals surface area contributed by atoms with Gasteiger partial charge in [0.25, 0.3) is 0 Å². The van der Waals surface area contributed by atoms with Crippen molar-refractivity contribution in [2.45, 2.75) is 11.8 Å². The van der Waals surface area contributed by atoms with Crippen LogP contribution < -0.4 is 4.90 Å². The zero-order valence-corrected chi connectivity index (χ0v) is 34.4. The maximum atomic E-state index is 6.21. The Morgan fingerprint density at radius 3 is 1.83 bits per heavy atom. The summed E-state index contributed by atoms with van der Waals surface area (Å²) in [6.07, 6.45) is 9.54. The molecule has 5 nitrogen and oxygen atoms in total. The van der Waals surface area contributed by atoms with Crippen molar-refractivity contribution in [1.29, 1.82) is 0 Å². The molecule has 8 aromatic carbocycles. The number of para-hydroxylation sites is 2. The molecule has 0 atom stereocenters. The van der Waals surface area contributed by atoms with Crippen LogP contribution in [0, 0.1) is 0 Å². The second-order valence-corrected chi connectivity index (χ2v) is 16.3. The van der Waals surface area contributed by atoms with Crippen molar-refractivity contribution in [3.05, 3.63) is 247 Å². The lowest BCUT2D eigenvalue weighted by Gasteiger charge is -2.35. The minimum absolute atomic E-state index is 0.457. The van der Waals surface area contributed by atoms with Gasteiger partial charge in [0.2, 0.25) is 11.8 Å². The van der Waals surface area contributed by atoms with Crippen molar-refractivity contribution in [3.63, 3.8) is 0 Å². The predicted octanol–water partition coefficient (Wildman–Crippen LogP) is 14.8. The number of allylic oxidation sites excluding steroid dienone is 5. The summed E-state index contributed by atoms with van der Waals surface area (Å²) in [6, 6.07) is 69.3. The average Bonchev–Trinajstić information content (AvgIpc) is 4.06. The first-order chi connectivity index (χ1) is 31.2. The lowest BCUT2D eigenvalue weighted by Crippen LogP contribution is -2.28. The van der Waals surface area contributed by atoms with E-state index in [2.05, 4.69) is 214 Å². The van der Waals surface area contributed by atoms with Gasteiger partial charge in [0.05, 0.1) is 16.4 Å². The number of hydrogen-bond acceptors (Lipinski definition) is 4. The van der Waals surface area contributed by atoms with E-state index in [1.54, 1.807) is 0 Å². The highest BCUT2D eigenvalue weighted by Crippen LogP contribution is 2.57. The van der Waals surface area contributed by atoms with Gasteiger partial charge in [-0.2, -0.15) is 0 Å². The molecule has 0 saturated heterocycles. The first-order valence-electron chi connectivity index (χ1n) is 21.4. The maximum absolute atomic E-state index is 6.21. The molecule has 1 spiro atoms. The van der Waals surface area contributed by atoms with E-state index in [9.17, 15) is 0 Å². The van der Waals surface area contributed by atoms with E-state index in [4.69, 9.17) is 4.42 Å². The van der Waals surface area contributed by atoms with Crippen LogP contribution in [0.4, 0.5) is 17.1 Å². The largest absolute Gasteiger partial charge is 0.416 e. The summed E-state index contributed by atoms with van der Waals surface area (Å²) >= 11 is 0. The molecule has 2 aromatic heterocycles. The van der Waals surface area contributed by atoms with Gasteiger partial charge >= 0.3 is 0 Å². The minimum atomic E-state index is -0.457. The van der Waals surface area contributed by atoms with Crippen LogP contribution in [0.5, 0.6) is 0 Å². The van der Waals surface area contributed by atoms with E-state index in [1.165, 1.54) is 44.1 Å². The molecule has 63 heavy (non-hydrogen) atoms.